The van der Waals surface area contributed by atoms with Gasteiger partial charge in [-0.05, 0) is 115 Å². The van der Waals surface area contributed by atoms with Crippen LogP contribution in [0.1, 0.15) is 216 Å². The summed E-state index contributed by atoms with van der Waals surface area (Å²) in [6.07, 6.45) is 34.0. The molecule has 4 fully saturated rings. The Balaban J connectivity index is 1.12. The third-order valence-electron chi connectivity index (χ3n) is 16.8. The minimum Gasteiger partial charge on any atom is -0.462 e. The maximum atomic E-state index is 13.2. The number of unbranched alkanes of at least 4 members (excludes halogenated alkanes) is 12. The van der Waals surface area contributed by atoms with Crippen molar-refractivity contribution in [2.24, 2.45) is 50.2 Å². The van der Waals surface area contributed by atoms with Crippen molar-refractivity contribution in [1.29, 1.82) is 0 Å². The fraction of sp³-hybridized carbons (Fsp3) is 0.935. The van der Waals surface area contributed by atoms with Gasteiger partial charge in [0, 0.05) is 11.8 Å². The zero-order valence-corrected chi connectivity index (χ0v) is 33.7. The molecule has 0 bridgehead atoms. The summed E-state index contributed by atoms with van der Waals surface area (Å²) < 4.78 is 6.41. The number of carbonyl (C=O) groups is 1. The molecule has 0 aromatic heterocycles. The highest BCUT2D eigenvalue weighted by Gasteiger charge is 2.68. The monoisotopic (exact) mass is 665 g/mol. The molecule has 0 aliphatic heterocycles. The van der Waals surface area contributed by atoms with E-state index in [2.05, 4.69) is 68.4 Å². The Morgan fingerprint density at radius 2 is 1.27 bits per heavy atom. The molecule has 0 radical (unpaired) electrons. The summed E-state index contributed by atoms with van der Waals surface area (Å²) in [7, 11) is 0. The van der Waals surface area contributed by atoms with Crippen molar-refractivity contribution < 1.29 is 9.53 Å². The van der Waals surface area contributed by atoms with Gasteiger partial charge in [0.15, 0.2) is 0 Å². The lowest BCUT2D eigenvalue weighted by atomic mass is 9.33. The molecule has 0 saturated heterocycles. The first kappa shape index (κ1) is 38.4. The van der Waals surface area contributed by atoms with Gasteiger partial charge < -0.3 is 4.74 Å². The Hall–Kier alpha value is -0.790. The van der Waals surface area contributed by atoms with Crippen molar-refractivity contribution in [2.45, 2.75) is 223 Å². The number of allylic oxidation sites excluding steroid dienone is 2. The van der Waals surface area contributed by atoms with Crippen molar-refractivity contribution in [1.82, 2.24) is 0 Å². The van der Waals surface area contributed by atoms with E-state index in [4.69, 9.17) is 4.74 Å². The van der Waals surface area contributed by atoms with Gasteiger partial charge >= 0.3 is 5.97 Å². The number of hydrogen-bond acceptors (Lipinski definition) is 2. The molecular weight excluding hydrogens is 585 g/mol. The van der Waals surface area contributed by atoms with E-state index in [-0.39, 0.29) is 17.5 Å². The third-order valence-corrected chi connectivity index (χ3v) is 16.8. The Morgan fingerprint density at radius 1 is 0.688 bits per heavy atom. The van der Waals surface area contributed by atoms with E-state index >= 15 is 0 Å². The molecule has 8 atom stereocenters. The average molecular weight is 665 g/mol. The van der Waals surface area contributed by atoms with Crippen LogP contribution in [0.3, 0.4) is 0 Å². The van der Waals surface area contributed by atoms with Gasteiger partial charge in [-0.3, -0.25) is 4.79 Å². The predicted octanol–water partition coefficient (Wildman–Crippen LogP) is 14.2. The van der Waals surface area contributed by atoms with E-state index < -0.39 is 0 Å². The molecular formula is C46H80O2. The molecule has 0 heterocycles. The van der Waals surface area contributed by atoms with Crippen LogP contribution in [0.25, 0.3) is 0 Å². The molecule has 0 amide bonds. The van der Waals surface area contributed by atoms with Gasteiger partial charge in [0.2, 0.25) is 0 Å². The average Bonchev–Trinajstić information content (AvgIpc) is 3.02. The molecule has 0 aromatic rings. The van der Waals surface area contributed by atoms with Crippen molar-refractivity contribution in [3.8, 4) is 0 Å². The summed E-state index contributed by atoms with van der Waals surface area (Å²) in [4.78, 5) is 13.2. The Kier molecular flexibility index (Phi) is 12.1. The van der Waals surface area contributed by atoms with Gasteiger partial charge in [0.25, 0.3) is 0 Å². The van der Waals surface area contributed by atoms with Crippen molar-refractivity contribution in [3.63, 3.8) is 0 Å². The lowest BCUT2D eigenvalue weighted by Crippen LogP contribution is -2.64. The molecule has 2 nitrogen and oxygen atoms in total. The number of hydrogen-bond donors (Lipinski definition) is 0. The fourth-order valence-electron chi connectivity index (χ4n) is 13.2. The minimum atomic E-state index is 0.0312. The quantitative estimate of drug-likeness (QED) is 0.0989. The maximum Gasteiger partial charge on any atom is 0.306 e. The number of ether oxygens (including phenoxy) is 1. The van der Waals surface area contributed by atoms with Crippen LogP contribution in [0.4, 0.5) is 0 Å². The van der Waals surface area contributed by atoms with Gasteiger partial charge in [-0.15, -0.1) is 0 Å². The molecule has 276 valence electrons. The molecule has 0 spiro atoms. The topological polar surface area (TPSA) is 26.3 Å². The van der Waals surface area contributed by atoms with Crippen LogP contribution in [-0.4, -0.2) is 12.1 Å². The normalized spacial score (nSPS) is 39.7. The SMILES string of the molecule is CCCCCCCCCCCCCCCC(=O)O[C@H]1CC[C@@]2(C)[C@@H](CC[C@@]3(C)[C@H]2CC=C2[C@@H]4CC(C)(C)CC[C@]4(C)CC[C@@]23C)C1(C)C. The van der Waals surface area contributed by atoms with E-state index in [1.165, 1.54) is 135 Å². The first-order chi connectivity index (χ1) is 22.6. The molecule has 0 aromatic carbocycles. The highest BCUT2D eigenvalue weighted by molar-refractivity contribution is 5.69. The van der Waals surface area contributed by atoms with E-state index in [1.54, 1.807) is 0 Å². The second-order valence-electron chi connectivity index (χ2n) is 20.7. The fourth-order valence-corrected chi connectivity index (χ4v) is 13.2. The van der Waals surface area contributed by atoms with Crippen LogP contribution in [0.15, 0.2) is 11.6 Å². The van der Waals surface area contributed by atoms with Crippen molar-refractivity contribution >= 4 is 5.97 Å². The zero-order chi connectivity index (χ0) is 34.8. The summed E-state index contributed by atoms with van der Waals surface area (Å²) in [5.41, 5.74) is 3.87. The van der Waals surface area contributed by atoms with E-state index in [0.29, 0.717) is 39.4 Å². The van der Waals surface area contributed by atoms with E-state index in [1.807, 2.05) is 5.57 Å². The van der Waals surface area contributed by atoms with Crippen LogP contribution in [0.5, 0.6) is 0 Å². The maximum absolute atomic E-state index is 13.2. The number of carbonyl (C=O) groups excluding carboxylic acids is 1. The standard InChI is InChI=1S/C46H80O2/c1-10-11-12-13-14-15-16-17-18-19-20-21-22-23-40(47)48-39-27-28-44(7)37(42(39,4)5)26-29-46(9)38(44)25-24-35-36-34-41(2,3)30-31-43(36,6)32-33-45(35,46)8/h24,36-39H,10-23,25-34H2,1-9H3/t36-,37-,38-,39-,43+,44-,45-,46-/m0/s1. The molecule has 2 heteroatoms. The lowest BCUT2D eigenvalue weighted by Gasteiger charge is -2.71. The first-order valence-corrected chi connectivity index (χ1v) is 21.5. The number of esters is 1. The second-order valence-corrected chi connectivity index (χ2v) is 20.7. The minimum absolute atomic E-state index is 0.0312. The molecule has 0 N–H and O–H groups in total. The van der Waals surface area contributed by atoms with E-state index in [9.17, 15) is 4.79 Å². The summed E-state index contributed by atoms with van der Waals surface area (Å²) in [5.74, 6) is 2.18. The molecule has 4 saturated carbocycles. The largest absolute Gasteiger partial charge is 0.462 e. The molecule has 0 unspecified atom stereocenters. The Labute approximate surface area is 299 Å². The molecule has 5 aliphatic carbocycles. The highest BCUT2D eigenvalue weighted by atomic mass is 16.5. The number of rotatable bonds is 15. The molecule has 5 aliphatic rings. The molecule has 5 rings (SSSR count). The van der Waals surface area contributed by atoms with Gasteiger partial charge in [0.1, 0.15) is 6.10 Å². The molecule has 48 heavy (non-hydrogen) atoms. The Morgan fingerprint density at radius 3 is 1.90 bits per heavy atom. The summed E-state index contributed by atoms with van der Waals surface area (Å²) in [6, 6.07) is 0. The summed E-state index contributed by atoms with van der Waals surface area (Å²) >= 11 is 0. The van der Waals surface area contributed by atoms with Gasteiger partial charge in [-0.25, -0.2) is 0 Å². The smallest absolute Gasteiger partial charge is 0.306 e. The third kappa shape index (κ3) is 7.41. The van der Waals surface area contributed by atoms with Gasteiger partial charge in [0.05, 0.1) is 0 Å². The first-order valence-electron chi connectivity index (χ1n) is 21.5. The van der Waals surface area contributed by atoms with Crippen LogP contribution in [0, 0.1) is 50.2 Å². The predicted molar refractivity (Wildman–Crippen MR) is 205 cm³/mol. The lowest BCUT2D eigenvalue weighted by molar-refractivity contribution is -0.212. The van der Waals surface area contributed by atoms with Crippen molar-refractivity contribution in [2.75, 3.05) is 0 Å². The zero-order valence-electron chi connectivity index (χ0n) is 33.7. The van der Waals surface area contributed by atoms with Gasteiger partial charge in [-0.2, -0.15) is 0 Å². The Bertz CT molecular complexity index is 1120. The summed E-state index contributed by atoms with van der Waals surface area (Å²) in [6.45, 7) is 23.0. The van der Waals surface area contributed by atoms with E-state index in [0.717, 1.165) is 24.7 Å². The van der Waals surface area contributed by atoms with Gasteiger partial charge in [-0.1, -0.05) is 151 Å². The number of fused-ring (bicyclic) bond motifs is 7. The van der Waals surface area contributed by atoms with Crippen molar-refractivity contribution in [3.05, 3.63) is 11.6 Å². The second kappa shape index (κ2) is 15.1. The van der Waals surface area contributed by atoms with Crippen LogP contribution < -0.4 is 0 Å². The summed E-state index contributed by atoms with van der Waals surface area (Å²) in [5, 5.41) is 0. The van der Waals surface area contributed by atoms with Crippen LogP contribution >= 0.6 is 0 Å². The van der Waals surface area contributed by atoms with Crippen LogP contribution in [0.2, 0.25) is 0 Å². The van der Waals surface area contributed by atoms with Crippen LogP contribution in [-0.2, 0) is 9.53 Å². The highest BCUT2D eigenvalue weighted by Crippen LogP contribution is 2.75.